The topological polar surface area (TPSA) is 91.7 Å². The van der Waals surface area contributed by atoms with E-state index in [9.17, 15) is 9.59 Å². The standard InChI is InChI=1S/C9H9N3O3/c1-6(9(14)15)11-12-8(13)7-4-2-3-5-10-7/h2-5H,1H3,(H,12,13)(H,14,15). The molecule has 0 radical (unpaired) electrons. The fraction of sp³-hybridized carbons (Fsp3) is 0.111. The lowest BCUT2D eigenvalue weighted by Gasteiger charge is -1.98. The third-order valence-corrected chi connectivity index (χ3v) is 1.53. The Hall–Kier alpha value is -2.24. The quantitative estimate of drug-likeness (QED) is 0.549. The van der Waals surface area contributed by atoms with Gasteiger partial charge in [-0.3, -0.25) is 9.78 Å². The predicted octanol–water partition coefficient (Wildman–Crippen LogP) is 0.272. The maximum Gasteiger partial charge on any atom is 0.351 e. The molecule has 15 heavy (non-hydrogen) atoms. The Morgan fingerprint density at radius 2 is 2.20 bits per heavy atom. The van der Waals surface area contributed by atoms with Gasteiger partial charge in [-0.2, -0.15) is 5.10 Å². The zero-order valence-corrected chi connectivity index (χ0v) is 7.97. The van der Waals surface area contributed by atoms with E-state index in [4.69, 9.17) is 5.11 Å². The third kappa shape index (κ3) is 3.18. The van der Waals surface area contributed by atoms with Crippen molar-refractivity contribution in [2.24, 2.45) is 5.10 Å². The van der Waals surface area contributed by atoms with Crippen molar-refractivity contribution in [2.75, 3.05) is 0 Å². The summed E-state index contributed by atoms with van der Waals surface area (Å²) in [6.45, 7) is 1.28. The predicted molar refractivity (Wildman–Crippen MR) is 52.4 cm³/mol. The maximum atomic E-state index is 11.3. The molecule has 0 aromatic carbocycles. The van der Waals surface area contributed by atoms with Crippen LogP contribution in [0.15, 0.2) is 29.5 Å². The molecule has 6 heteroatoms. The van der Waals surface area contributed by atoms with Gasteiger partial charge in [0, 0.05) is 6.20 Å². The summed E-state index contributed by atoms with van der Waals surface area (Å²) in [6.07, 6.45) is 1.46. The Bertz CT molecular complexity index is 400. The molecule has 0 aliphatic rings. The molecule has 6 nitrogen and oxygen atoms in total. The number of hydrogen-bond acceptors (Lipinski definition) is 4. The highest BCUT2D eigenvalue weighted by Gasteiger charge is 2.06. The second-order valence-electron chi connectivity index (χ2n) is 2.66. The molecule has 0 fully saturated rings. The van der Waals surface area contributed by atoms with Gasteiger partial charge in [-0.05, 0) is 19.1 Å². The van der Waals surface area contributed by atoms with Crippen molar-refractivity contribution < 1.29 is 14.7 Å². The number of hydrazone groups is 1. The van der Waals surface area contributed by atoms with E-state index in [1.807, 2.05) is 0 Å². The molecule has 1 rings (SSSR count). The SMILES string of the molecule is CC(=NNC(=O)c1ccccn1)C(=O)O. The minimum atomic E-state index is -1.18. The van der Waals surface area contributed by atoms with E-state index >= 15 is 0 Å². The van der Waals surface area contributed by atoms with Crippen LogP contribution in [0.4, 0.5) is 0 Å². The number of hydrogen-bond donors (Lipinski definition) is 2. The Morgan fingerprint density at radius 1 is 1.47 bits per heavy atom. The van der Waals surface area contributed by atoms with Gasteiger partial charge in [0.25, 0.3) is 5.91 Å². The van der Waals surface area contributed by atoms with Crippen molar-refractivity contribution in [3.63, 3.8) is 0 Å². The lowest BCUT2D eigenvalue weighted by atomic mass is 10.3. The second-order valence-corrected chi connectivity index (χ2v) is 2.66. The molecule has 2 N–H and O–H groups in total. The van der Waals surface area contributed by atoms with Gasteiger partial charge in [0.1, 0.15) is 11.4 Å². The molecule has 0 aliphatic carbocycles. The molecule has 1 amide bonds. The number of amides is 1. The van der Waals surface area contributed by atoms with Crippen LogP contribution in [0.1, 0.15) is 17.4 Å². The molecule has 1 aromatic heterocycles. The zero-order chi connectivity index (χ0) is 11.3. The highest BCUT2D eigenvalue weighted by atomic mass is 16.4. The lowest BCUT2D eigenvalue weighted by Crippen LogP contribution is -2.22. The number of nitrogens with one attached hydrogen (secondary N) is 1. The highest BCUT2D eigenvalue weighted by molar-refractivity contribution is 6.34. The number of pyridine rings is 1. The van der Waals surface area contributed by atoms with Crippen LogP contribution in [0, 0.1) is 0 Å². The molecule has 78 valence electrons. The van der Waals surface area contributed by atoms with Crippen LogP contribution in [0.3, 0.4) is 0 Å². The van der Waals surface area contributed by atoms with Gasteiger partial charge in [-0.25, -0.2) is 10.2 Å². The van der Waals surface area contributed by atoms with E-state index < -0.39 is 11.9 Å². The third-order valence-electron chi connectivity index (χ3n) is 1.53. The number of carboxylic acid groups (broad SMARTS) is 1. The van der Waals surface area contributed by atoms with Crippen LogP contribution in [-0.4, -0.2) is 27.7 Å². The molecule has 0 saturated carbocycles. The molecular weight excluding hydrogens is 198 g/mol. The Kier molecular flexibility index (Phi) is 3.50. The molecule has 1 aromatic rings. The molecule has 1 heterocycles. The van der Waals surface area contributed by atoms with Crippen molar-refractivity contribution in [1.29, 1.82) is 0 Å². The van der Waals surface area contributed by atoms with Crippen LogP contribution in [0.2, 0.25) is 0 Å². The largest absolute Gasteiger partial charge is 0.477 e. The van der Waals surface area contributed by atoms with Crippen molar-refractivity contribution >= 4 is 17.6 Å². The number of carboxylic acids is 1. The molecule has 0 aliphatic heterocycles. The van der Waals surface area contributed by atoms with Gasteiger partial charge in [-0.1, -0.05) is 6.07 Å². The summed E-state index contributed by atoms with van der Waals surface area (Å²) in [5, 5.41) is 11.8. The Balaban J connectivity index is 2.66. The Labute approximate surface area is 85.6 Å². The monoisotopic (exact) mass is 207 g/mol. The molecule has 0 spiro atoms. The van der Waals surface area contributed by atoms with E-state index in [1.54, 1.807) is 12.1 Å². The first-order valence-electron chi connectivity index (χ1n) is 4.10. The minimum Gasteiger partial charge on any atom is -0.477 e. The van der Waals surface area contributed by atoms with Gasteiger partial charge >= 0.3 is 5.97 Å². The number of carbonyl (C=O) groups excluding carboxylic acids is 1. The molecule has 0 unspecified atom stereocenters. The van der Waals surface area contributed by atoms with E-state index in [-0.39, 0.29) is 11.4 Å². The summed E-state index contributed by atoms with van der Waals surface area (Å²) in [5.74, 6) is -1.73. The first-order valence-corrected chi connectivity index (χ1v) is 4.10. The average molecular weight is 207 g/mol. The number of nitrogens with zero attached hydrogens (tertiary/aromatic N) is 2. The summed E-state index contributed by atoms with van der Waals surface area (Å²) < 4.78 is 0. The lowest BCUT2D eigenvalue weighted by molar-refractivity contribution is -0.129. The van der Waals surface area contributed by atoms with Gasteiger partial charge in [-0.15, -0.1) is 0 Å². The van der Waals surface area contributed by atoms with Gasteiger partial charge in [0.2, 0.25) is 0 Å². The van der Waals surface area contributed by atoms with Crippen LogP contribution in [0.25, 0.3) is 0 Å². The fourth-order valence-electron chi connectivity index (χ4n) is 0.737. The van der Waals surface area contributed by atoms with Gasteiger partial charge in [0.05, 0.1) is 0 Å². The fourth-order valence-corrected chi connectivity index (χ4v) is 0.737. The smallest absolute Gasteiger partial charge is 0.351 e. The van der Waals surface area contributed by atoms with Crippen LogP contribution < -0.4 is 5.43 Å². The zero-order valence-electron chi connectivity index (χ0n) is 7.97. The first kappa shape index (κ1) is 10.8. The second kappa shape index (κ2) is 4.85. The van der Waals surface area contributed by atoms with Gasteiger partial charge in [0.15, 0.2) is 0 Å². The van der Waals surface area contributed by atoms with Crippen LogP contribution >= 0.6 is 0 Å². The van der Waals surface area contributed by atoms with Crippen molar-refractivity contribution in [2.45, 2.75) is 6.92 Å². The molecule has 0 saturated heterocycles. The molecule has 0 atom stereocenters. The van der Waals surface area contributed by atoms with Crippen molar-refractivity contribution in [3.05, 3.63) is 30.1 Å². The normalized spacial score (nSPS) is 10.9. The summed E-state index contributed by atoms with van der Waals surface area (Å²) in [7, 11) is 0. The molecular formula is C9H9N3O3. The van der Waals surface area contributed by atoms with Crippen molar-refractivity contribution in [1.82, 2.24) is 10.4 Å². The highest BCUT2D eigenvalue weighted by Crippen LogP contribution is 1.92. The van der Waals surface area contributed by atoms with E-state index in [1.165, 1.54) is 19.2 Å². The van der Waals surface area contributed by atoms with Crippen LogP contribution in [0.5, 0.6) is 0 Å². The number of rotatable bonds is 3. The van der Waals surface area contributed by atoms with E-state index in [2.05, 4.69) is 15.5 Å². The number of aliphatic carboxylic acids is 1. The summed E-state index contributed by atoms with van der Waals surface area (Å²) >= 11 is 0. The average Bonchev–Trinajstić information content (AvgIpc) is 2.26. The number of carbonyl (C=O) groups is 2. The van der Waals surface area contributed by atoms with E-state index in [0.717, 1.165) is 0 Å². The minimum absolute atomic E-state index is 0.180. The van der Waals surface area contributed by atoms with E-state index in [0.29, 0.717) is 0 Å². The Morgan fingerprint density at radius 3 is 2.73 bits per heavy atom. The maximum absolute atomic E-state index is 11.3. The van der Waals surface area contributed by atoms with Gasteiger partial charge < -0.3 is 5.11 Å². The van der Waals surface area contributed by atoms with Crippen molar-refractivity contribution in [3.8, 4) is 0 Å². The van der Waals surface area contributed by atoms with Crippen LogP contribution in [-0.2, 0) is 4.79 Å². The summed E-state index contributed by atoms with van der Waals surface area (Å²) in [4.78, 5) is 25.4. The number of aromatic nitrogens is 1. The summed E-state index contributed by atoms with van der Waals surface area (Å²) in [6, 6.07) is 4.82. The molecule has 0 bridgehead atoms. The summed E-state index contributed by atoms with van der Waals surface area (Å²) in [5.41, 5.74) is 2.07. The first-order chi connectivity index (χ1) is 7.11.